The second-order valence-electron chi connectivity index (χ2n) is 6.20. The number of benzene rings is 1. The maximum Gasteiger partial charge on any atom is 0.135 e. The summed E-state index contributed by atoms with van der Waals surface area (Å²) in [6.45, 7) is 5.56. The van der Waals surface area contributed by atoms with Crippen LogP contribution in [-0.2, 0) is 4.74 Å². The maximum atomic E-state index is 5.46. The highest BCUT2D eigenvalue weighted by atomic mass is 16.5. The van der Waals surface area contributed by atoms with E-state index >= 15 is 0 Å². The highest BCUT2D eigenvalue weighted by Crippen LogP contribution is 2.29. The van der Waals surface area contributed by atoms with Crippen LogP contribution in [0.3, 0.4) is 0 Å². The molecule has 2 fully saturated rings. The average Bonchev–Trinajstić information content (AvgIpc) is 3.18. The third-order valence-electron chi connectivity index (χ3n) is 4.60. The molecule has 1 aromatic carbocycles. The summed E-state index contributed by atoms with van der Waals surface area (Å²) in [5.41, 5.74) is 2.27. The topological polar surface area (TPSA) is 53.5 Å². The van der Waals surface area contributed by atoms with Crippen LogP contribution in [-0.4, -0.2) is 49.4 Å². The van der Waals surface area contributed by atoms with E-state index in [1.807, 2.05) is 6.07 Å². The fraction of sp³-hybridized carbons (Fsp3) is 0.444. The third kappa shape index (κ3) is 3.28. The van der Waals surface area contributed by atoms with Crippen molar-refractivity contribution in [3.05, 3.63) is 36.7 Å². The highest BCUT2D eigenvalue weighted by Gasteiger charge is 2.16. The van der Waals surface area contributed by atoms with Crippen LogP contribution in [0.25, 0.3) is 0 Å². The lowest BCUT2D eigenvalue weighted by molar-refractivity contribution is 0.123. The fourth-order valence-electron chi connectivity index (χ4n) is 3.33. The van der Waals surface area contributed by atoms with Gasteiger partial charge in [-0.15, -0.1) is 0 Å². The number of hydrogen-bond donors (Lipinski definition) is 1. The molecule has 24 heavy (non-hydrogen) atoms. The molecule has 6 heteroatoms. The summed E-state index contributed by atoms with van der Waals surface area (Å²) in [4.78, 5) is 13.5. The number of rotatable bonds is 4. The van der Waals surface area contributed by atoms with Gasteiger partial charge in [0.1, 0.15) is 18.0 Å². The zero-order valence-electron chi connectivity index (χ0n) is 13.8. The summed E-state index contributed by atoms with van der Waals surface area (Å²) >= 11 is 0. The van der Waals surface area contributed by atoms with Gasteiger partial charge in [-0.25, -0.2) is 9.97 Å². The van der Waals surface area contributed by atoms with Gasteiger partial charge in [0, 0.05) is 32.2 Å². The first-order valence-electron chi connectivity index (χ1n) is 8.66. The normalized spacial score (nSPS) is 18.0. The number of morpholine rings is 1. The van der Waals surface area contributed by atoms with Crippen LogP contribution < -0.4 is 15.1 Å². The van der Waals surface area contributed by atoms with Crippen LogP contribution in [0.4, 0.5) is 23.0 Å². The van der Waals surface area contributed by atoms with Crippen molar-refractivity contribution in [3.8, 4) is 0 Å². The predicted octanol–water partition coefficient (Wildman–Crippen LogP) is 2.66. The van der Waals surface area contributed by atoms with Gasteiger partial charge in [-0.3, -0.25) is 0 Å². The van der Waals surface area contributed by atoms with E-state index < -0.39 is 0 Å². The first kappa shape index (κ1) is 15.2. The summed E-state index contributed by atoms with van der Waals surface area (Å²) in [5, 5.41) is 3.47. The van der Waals surface area contributed by atoms with Gasteiger partial charge in [-0.2, -0.15) is 0 Å². The van der Waals surface area contributed by atoms with Gasteiger partial charge in [-0.05, 0) is 25.0 Å². The Hall–Kier alpha value is -2.34. The Labute approximate surface area is 142 Å². The quantitative estimate of drug-likeness (QED) is 0.933. The molecule has 0 radical (unpaired) electrons. The minimum absolute atomic E-state index is 0.779. The molecule has 2 aromatic rings. The zero-order valence-corrected chi connectivity index (χ0v) is 13.8. The van der Waals surface area contributed by atoms with Gasteiger partial charge in [0.25, 0.3) is 0 Å². The van der Waals surface area contributed by atoms with Crippen molar-refractivity contribution in [1.82, 2.24) is 9.97 Å². The molecule has 0 spiro atoms. The molecular formula is C18H23N5O. The van der Waals surface area contributed by atoms with Crippen LogP contribution in [0, 0.1) is 0 Å². The molecule has 6 nitrogen and oxygen atoms in total. The van der Waals surface area contributed by atoms with E-state index in [9.17, 15) is 0 Å². The summed E-state index contributed by atoms with van der Waals surface area (Å²) < 4.78 is 5.46. The molecule has 0 bridgehead atoms. The first-order valence-corrected chi connectivity index (χ1v) is 8.66. The van der Waals surface area contributed by atoms with Crippen LogP contribution in [0.2, 0.25) is 0 Å². The Balaban J connectivity index is 1.56. The van der Waals surface area contributed by atoms with E-state index in [0.29, 0.717) is 0 Å². The number of nitrogens with one attached hydrogen (secondary N) is 1. The van der Waals surface area contributed by atoms with Gasteiger partial charge in [-0.1, -0.05) is 12.1 Å². The van der Waals surface area contributed by atoms with Crippen molar-refractivity contribution in [2.45, 2.75) is 12.8 Å². The van der Waals surface area contributed by atoms with E-state index in [0.717, 1.165) is 56.7 Å². The smallest absolute Gasteiger partial charge is 0.135 e. The Kier molecular flexibility index (Phi) is 4.46. The molecule has 2 aliphatic heterocycles. The molecule has 2 aliphatic rings. The van der Waals surface area contributed by atoms with E-state index in [-0.39, 0.29) is 0 Å². The average molecular weight is 325 g/mol. The molecule has 2 saturated heterocycles. The van der Waals surface area contributed by atoms with Crippen molar-refractivity contribution in [2.75, 3.05) is 54.5 Å². The lowest BCUT2D eigenvalue weighted by Gasteiger charge is -2.30. The highest BCUT2D eigenvalue weighted by molar-refractivity contribution is 5.74. The second kappa shape index (κ2) is 7.05. The SMILES string of the molecule is c1ccc(N2CCOCC2)c(Nc2cc(N3CCCC3)ncn2)c1. The maximum absolute atomic E-state index is 5.46. The van der Waals surface area contributed by atoms with E-state index in [4.69, 9.17) is 4.74 Å². The Morgan fingerprint density at radius 1 is 0.917 bits per heavy atom. The molecular weight excluding hydrogens is 302 g/mol. The Bertz CT molecular complexity index is 681. The molecule has 0 atom stereocenters. The molecule has 0 aliphatic carbocycles. The number of hydrogen-bond acceptors (Lipinski definition) is 6. The summed E-state index contributed by atoms with van der Waals surface area (Å²) in [5.74, 6) is 1.85. The Morgan fingerprint density at radius 2 is 1.71 bits per heavy atom. The molecule has 0 amide bonds. The third-order valence-corrected chi connectivity index (χ3v) is 4.60. The summed E-state index contributed by atoms with van der Waals surface area (Å²) in [6, 6.07) is 10.4. The number of anilines is 4. The molecule has 1 N–H and O–H groups in total. The number of nitrogens with zero attached hydrogens (tertiary/aromatic N) is 4. The van der Waals surface area contributed by atoms with E-state index in [1.54, 1.807) is 6.33 Å². The number of aromatic nitrogens is 2. The molecule has 126 valence electrons. The van der Waals surface area contributed by atoms with Crippen molar-refractivity contribution >= 4 is 23.0 Å². The van der Waals surface area contributed by atoms with Crippen LogP contribution in [0.5, 0.6) is 0 Å². The van der Waals surface area contributed by atoms with Crippen LogP contribution in [0.15, 0.2) is 36.7 Å². The van der Waals surface area contributed by atoms with Gasteiger partial charge in [0.15, 0.2) is 0 Å². The molecule has 3 heterocycles. The van der Waals surface area contributed by atoms with Crippen molar-refractivity contribution in [2.24, 2.45) is 0 Å². The standard InChI is InChI=1S/C18H23N5O/c1-2-6-16(22-9-11-24-12-10-22)15(5-1)21-17-13-18(20-14-19-17)23-7-3-4-8-23/h1-2,5-6,13-14H,3-4,7-12H2,(H,19,20,21). The van der Waals surface area contributed by atoms with Gasteiger partial charge >= 0.3 is 0 Å². The van der Waals surface area contributed by atoms with E-state index in [2.05, 4.69) is 49.4 Å². The molecule has 4 rings (SSSR count). The molecule has 0 saturated carbocycles. The second-order valence-corrected chi connectivity index (χ2v) is 6.20. The van der Waals surface area contributed by atoms with E-state index in [1.165, 1.54) is 18.5 Å². The first-order chi connectivity index (χ1) is 11.9. The van der Waals surface area contributed by atoms with Gasteiger partial charge < -0.3 is 19.9 Å². The van der Waals surface area contributed by atoms with Gasteiger partial charge in [0.2, 0.25) is 0 Å². The summed E-state index contributed by atoms with van der Waals surface area (Å²) in [7, 11) is 0. The molecule has 0 unspecified atom stereocenters. The van der Waals surface area contributed by atoms with Crippen LogP contribution >= 0.6 is 0 Å². The summed E-state index contributed by atoms with van der Waals surface area (Å²) in [6.07, 6.45) is 4.13. The minimum Gasteiger partial charge on any atom is -0.378 e. The van der Waals surface area contributed by atoms with Gasteiger partial charge in [0.05, 0.1) is 24.6 Å². The van der Waals surface area contributed by atoms with Crippen molar-refractivity contribution in [3.63, 3.8) is 0 Å². The number of ether oxygens (including phenoxy) is 1. The predicted molar refractivity (Wildman–Crippen MR) is 96.2 cm³/mol. The van der Waals surface area contributed by atoms with Crippen molar-refractivity contribution in [1.29, 1.82) is 0 Å². The van der Waals surface area contributed by atoms with Crippen molar-refractivity contribution < 1.29 is 4.74 Å². The lowest BCUT2D eigenvalue weighted by Crippen LogP contribution is -2.36. The largest absolute Gasteiger partial charge is 0.378 e. The minimum atomic E-state index is 0.779. The fourth-order valence-corrected chi connectivity index (χ4v) is 3.33. The monoisotopic (exact) mass is 325 g/mol. The molecule has 1 aromatic heterocycles. The number of para-hydroxylation sites is 2. The Morgan fingerprint density at radius 3 is 2.54 bits per heavy atom. The van der Waals surface area contributed by atoms with Crippen LogP contribution in [0.1, 0.15) is 12.8 Å². The lowest BCUT2D eigenvalue weighted by atomic mass is 10.2. The zero-order chi connectivity index (χ0) is 16.2.